The minimum Gasteiger partial charge on any atom is -0.465 e. The second-order valence-electron chi connectivity index (χ2n) is 5.26. The van der Waals surface area contributed by atoms with E-state index < -0.39 is 20.9 Å². The van der Waals surface area contributed by atoms with Crippen molar-refractivity contribution in [3.63, 3.8) is 0 Å². The van der Waals surface area contributed by atoms with E-state index in [0.717, 1.165) is 0 Å². The number of nitrogens with one attached hydrogen (secondary N) is 1. The second-order valence-corrected chi connectivity index (χ2v) is 6.98. The van der Waals surface area contributed by atoms with Crippen molar-refractivity contribution in [1.82, 2.24) is 0 Å². The van der Waals surface area contributed by atoms with Gasteiger partial charge in [0.15, 0.2) is 0 Å². The Balaban J connectivity index is 2.19. The van der Waals surface area contributed by atoms with Crippen molar-refractivity contribution in [3.8, 4) is 0 Å². The molecule has 8 nitrogen and oxygen atoms in total. The maximum absolute atomic E-state index is 12.3. The highest BCUT2D eigenvalue weighted by molar-refractivity contribution is 7.91. The minimum atomic E-state index is -3.78. The molecule has 0 fully saturated rings. The lowest BCUT2D eigenvalue weighted by Gasteiger charge is -2.11. The van der Waals surface area contributed by atoms with Crippen LogP contribution in [0.5, 0.6) is 0 Å². The molecule has 2 aromatic carbocycles. The van der Waals surface area contributed by atoms with E-state index in [1.807, 2.05) is 0 Å². The van der Waals surface area contributed by atoms with Crippen LogP contribution in [0.15, 0.2) is 42.5 Å². The highest BCUT2D eigenvalue weighted by Gasteiger charge is 2.18. The van der Waals surface area contributed by atoms with E-state index in [4.69, 9.17) is 0 Å². The Bertz CT molecular complexity index is 907. The van der Waals surface area contributed by atoms with Gasteiger partial charge >= 0.3 is 5.97 Å². The molecule has 0 saturated carbocycles. The summed E-state index contributed by atoms with van der Waals surface area (Å²) in [4.78, 5) is 21.7. The maximum Gasteiger partial charge on any atom is 0.337 e. The van der Waals surface area contributed by atoms with Crippen LogP contribution in [-0.2, 0) is 20.5 Å². The minimum absolute atomic E-state index is 0.153. The topological polar surface area (TPSA) is 116 Å². The Labute approximate surface area is 144 Å². The average Bonchev–Trinajstić information content (AvgIpc) is 2.56. The highest BCUT2D eigenvalue weighted by atomic mass is 32.2. The molecule has 1 N–H and O–H groups in total. The van der Waals surface area contributed by atoms with E-state index in [2.05, 4.69) is 9.46 Å². The van der Waals surface area contributed by atoms with E-state index in [-0.39, 0.29) is 22.7 Å². The zero-order chi connectivity index (χ0) is 18.6. The third-order valence-electron chi connectivity index (χ3n) is 3.50. The highest BCUT2D eigenvalue weighted by Crippen LogP contribution is 2.26. The predicted octanol–water partition coefficient (Wildman–Crippen LogP) is 2.63. The van der Waals surface area contributed by atoms with Gasteiger partial charge in [-0.25, -0.2) is 13.2 Å². The first-order chi connectivity index (χ1) is 11.7. The fourth-order valence-electron chi connectivity index (χ4n) is 2.21. The van der Waals surface area contributed by atoms with Crippen molar-refractivity contribution in [2.75, 3.05) is 11.8 Å². The first kappa shape index (κ1) is 18.4. The predicted molar refractivity (Wildman–Crippen MR) is 91.9 cm³/mol. The van der Waals surface area contributed by atoms with Crippen LogP contribution < -0.4 is 4.72 Å². The molecule has 0 saturated heterocycles. The molecule has 0 radical (unpaired) electrons. The smallest absolute Gasteiger partial charge is 0.337 e. The third kappa shape index (κ3) is 4.54. The Kier molecular flexibility index (Phi) is 5.38. The van der Waals surface area contributed by atoms with Crippen LogP contribution in [0.4, 0.5) is 11.4 Å². The number of esters is 1. The van der Waals surface area contributed by atoms with Crippen molar-refractivity contribution < 1.29 is 22.9 Å². The van der Waals surface area contributed by atoms with Crippen molar-refractivity contribution >= 4 is 27.4 Å². The number of sulfonamides is 1. The van der Waals surface area contributed by atoms with Gasteiger partial charge in [-0.2, -0.15) is 0 Å². The van der Waals surface area contributed by atoms with Crippen LogP contribution in [0.25, 0.3) is 0 Å². The number of nitro groups is 1. The van der Waals surface area contributed by atoms with E-state index >= 15 is 0 Å². The number of carbonyl (C=O) groups excluding carboxylic acids is 1. The second kappa shape index (κ2) is 7.31. The van der Waals surface area contributed by atoms with Gasteiger partial charge in [-0.3, -0.25) is 14.8 Å². The van der Waals surface area contributed by atoms with E-state index in [1.165, 1.54) is 56.5 Å². The number of hydrogen-bond acceptors (Lipinski definition) is 6. The molecule has 0 spiro atoms. The summed E-state index contributed by atoms with van der Waals surface area (Å²) in [6.45, 7) is 1.47. The number of carbonyl (C=O) groups is 1. The summed E-state index contributed by atoms with van der Waals surface area (Å²) in [5.74, 6) is -0.851. The molecular formula is C16H16N2O6S. The number of hydrogen-bond donors (Lipinski definition) is 1. The summed E-state index contributed by atoms with van der Waals surface area (Å²) in [7, 11) is -2.52. The zero-order valence-electron chi connectivity index (χ0n) is 13.6. The molecule has 0 aliphatic carbocycles. The number of nitro benzene ring substituents is 1. The summed E-state index contributed by atoms with van der Waals surface area (Å²) in [5.41, 5.74) is 0.995. The van der Waals surface area contributed by atoms with Crippen molar-refractivity contribution in [3.05, 3.63) is 69.3 Å². The van der Waals surface area contributed by atoms with Gasteiger partial charge in [0, 0.05) is 6.07 Å². The molecular weight excluding hydrogens is 348 g/mol. The van der Waals surface area contributed by atoms with Gasteiger partial charge in [0.05, 0.1) is 34.6 Å². The van der Waals surface area contributed by atoms with Crippen molar-refractivity contribution in [1.29, 1.82) is 0 Å². The molecule has 0 heterocycles. The molecule has 0 aromatic heterocycles. The van der Waals surface area contributed by atoms with Crippen molar-refractivity contribution in [2.24, 2.45) is 0 Å². The quantitative estimate of drug-likeness (QED) is 0.478. The molecule has 2 aromatic rings. The molecule has 2 rings (SSSR count). The summed E-state index contributed by atoms with van der Waals surface area (Å²) in [5, 5.41) is 10.9. The van der Waals surface area contributed by atoms with Gasteiger partial charge in [-0.1, -0.05) is 18.2 Å². The Morgan fingerprint density at radius 1 is 1.20 bits per heavy atom. The first-order valence-electron chi connectivity index (χ1n) is 7.15. The van der Waals surface area contributed by atoms with Gasteiger partial charge in [-0.05, 0) is 30.7 Å². The molecule has 25 heavy (non-hydrogen) atoms. The van der Waals surface area contributed by atoms with Gasteiger partial charge in [0.25, 0.3) is 5.69 Å². The van der Waals surface area contributed by atoms with E-state index in [9.17, 15) is 23.3 Å². The molecule has 0 aliphatic heterocycles. The largest absolute Gasteiger partial charge is 0.465 e. The lowest BCUT2D eigenvalue weighted by atomic mass is 10.1. The maximum atomic E-state index is 12.3. The lowest BCUT2D eigenvalue weighted by molar-refractivity contribution is -0.385. The number of rotatable bonds is 6. The normalized spacial score (nSPS) is 11.0. The fourth-order valence-corrected chi connectivity index (χ4v) is 3.47. The molecule has 0 unspecified atom stereocenters. The summed E-state index contributed by atoms with van der Waals surface area (Å²) in [6, 6.07) is 10.1. The summed E-state index contributed by atoms with van der Waals surface area (Å²) >= 11 is 0. The number of ether oxygens (including phenoxy) is 1. The molecule has 0 atom stereocenters. The Morgan fingerprint density at radius 3 is 2.40 bits per heavy atom. The Morgan fingerprint density at radius 2 is 1.84 bits per heavy atom. The van der Waals surface area contributed by atoms with E-state index in [0.29, 0.717) is 11.1 Å². The molecule has 0 amide bonds. The number of nitrogens with zero attached hydrogens (tertiary/aromatic N) is 1. The summed E-state index contributed by atoms with van der Waals surface area (Å²) < 4.78 is 31.5. The van der Waals surface area contributed by atoms with Crippen LogP contribution >= 0.6 is 0 Å². The number of benzene rings is 2. The standard InChI is InChI=1S/C16H16N2O6S/c1-11-14(4-3-5-15(11)18(20)21)17-25(22,23)10-12-6-8-13(9-7-12)16(19)24-2/h3-9,17H,10H2,1-2H3. The lowest BCUT2D eigenvalue weighted by Crippen LogP contribution is -2.16. The number of methoxy groups -OCH3 is 1. The van der Waals surface area contributed by atoms with Crippen molar-refractivity contribution in [2.45, 2.75) is 12.7 Å². The van der Waals surface area contributed by atoms with Gasteiger partial charge in [-0.15, -0.1) is 0 Å². The van der Waals surface area contributed by atoms with Crippen LogP contribution in [0.1, 0.15) is 21.5 Å². The molecule has 9 heteroatoms. The fraction of sp³-hybridized carbons (Fsp3) is 0.188. The molecule has 0 aliphatic rings. The van der Waals surface area contributed by atoms with Gasteiger partial charge in [0.1, 0.15) is 0 Å². The number of anilines is 1. The SMILES string of the molecule is COC(=O)c1ccc(CS(=O)(=O)Nc2cccc([N+](=O)[O-])c2C)cc1. The Hall–Kier alpha value is -2.94. The van der Waals surface area contributed by atoms with Gasteiger partial charge in [0.2, 0.25) is 10.0 Å². The van der Waals surface area contributed by atoms with Gasteiger partial charge < -0.3 is 4.74 Å². The third-order valence-corrected chi connectivity index (χ3v) is 4.74. The summed E-state index contributed by atoms with van der Waals surface area (Å²) in [6.07, 6.45) is 0. The van der Waals surface area contributed by atoms with Crippen LogP contribution in [0, 0.1) is 17.0 Å². The average molecular weight is 364 g/mol. The first-order valence-corrected chi connectivity index (χ1v) is 8.80. The zero-order valence-corrected chi connectivity index (χ0v) is 14.4. The van der Waals surface area contributed by atoms with Crippen LogP contribution in [0.2, 0.25) is 0 Å². The molecule has 0 bridgehead atoms. The van der Waals surface area contributed by atoms with E-state index in [1.54, 1.807) is 0 Å². The monoisotopic (exact) mass is 364 g/mol. The molecule has 132 valence electrons. The van der Waals surface area contributed by atoms with Crippen LogP contribution in [-0.4, -0.2) is 26.4 Å². The van der Waals surface area contributed by atoms with Crippen LogP contribution in [0.3, 0.4) is 0 Å².